The average molecular weight is 192 g/mol. The summed E-state index contributed by atoms with van der Waals surface area (Å²) in [5, 5.41) is 0. The first-order valence-corrected chi connectivity index (χ1v) is 4.69. The number of esters is 1. The van der Waals surface area contributed by atoms with Gasteiger partial charge in [-0.05, 0) is 19.4 Å². The Hall–Kier alpha value is -1.31. The number of allylic oxidation sites excluding steroid dienone is 1. The maximum Gasteiger partial charge on any atom is 0.303 e. The van der Waals surface area contributed by atoms with E-state index in [1.54, 1.807) is 0 Å². The molecule has 0 N–H and O–H groups in total. The minimum atomic E-state index is -0.263. The van der Waals surface area contributed by atoms with Crippen molar-refractivity contribution in [3.8, 4) is 0 Å². The van der Waals surface area contributed by atoms with Crippen LogP contribution in [0.5, 0.6) is 0 Å². The standard InChI is InChI=1S/C12H16O2/c1-8(2)12-9(3)6-5-7-11(12)14-10(4)13/h5,7,11-12H,1,3,6H2,2,4H3. The van der Waals surface area contributed by atoms with E-state index in [-0.39, 0.29) is 18.0 Å². The largest absolute Gasteiger partial charge is 0.457 e. The monoisotopic (exact) mass is 192 g/mol. The van der Waals surface area contributed by atoms with E-state index in [4.69, 9.17) is 4.74 Å². The molecule has 2 heteroatoms. The van der Waals surface area contributed by atoms with Gasteiger partial charge in [-0.15, -0.1) is 0 Å². The summed E-state index contributed by atoms with van der Waals surface area (Å²) in [6.45, 7) is 11.2. The molecule has 1 rings (SSSR count). The lowest BCUT2D eigenvalue weighted by atomic mass is 9.83. The van der Waals surface area contributed by atoms with Crippen molar-refractivity contribution in [3.63, 3.8) is 0 Å². The molecule has 2 atom stereocenters. The van der Waals surface area contributed by atoms with Crippen LogP contribution < -0.4 is 0 Å². The molecule has 0 radical (unpaired) electrons. The van der Waals surface area contributed by atoms with Crippen molar-refractivity contribution in [3.05, 3.63) is 36.5 Å². The first-order valence-electron chi connectivity index (χ1n) is 4.69. The highest BCUT2D eigenvalue weighted by Crippen LogP contribution is 2.30. The minimum Gasteiger partial charge on any atom is -0.457 e. The molecule has 14 heavy (non-hydrogen) atoms. The third kappa shape index (κ3) is 2.34. The molecule has 0 amide bonds. The number of hydrogen-bond donors (Lipinski definition) is 0. The van der Waals surface area contributed by atoms with E-state index in [1.807, 2.05) is 19.1 Å². The normalized spacial score (nSPS) is 26.0. The quantitative estimate of drug-likeness (QED) is 0.496. The van der Waals surface area contributed by atoms with Crippen molar-refractivity contribution in [2.75, 3.05) is 0 Å². The minimum absolute atomic E-state index is 0.0731. The number of ether oxygens (including phenoxy) is 1. The predicted molar refractivity (Wildman–Crippen MR) is 56.8 cm³/mol. The smallest absolute Gasteiger partial charge is 0.303 e. The Morgan fingerprint density at radius 3 is 2.71 bits per heavy atom. The van der Waals surface area contributed by atoms with E-state index in [9.17, 15) is 4.79 Å². The SMILES string of the molecule is C=C(C)C1C(=C)CC=CC1OC(C)=O. The number of rotatable bonds is 2. The third-order valence-corrected chi connectivity index (χ3v) is 2.31. The van der Waals surface area contributed by atoms with Gasteiger partial charge >= 0.3 is 5.97 Å². The van der Waals surface area contributed by atoms with Crippen molar-refractivity contribution in [2.45, 2.75) is 26.4 Å². The molecule has 76 valence electrons. The summed E-state index contributed by atoms with van der Waals surface area (Å²) >= 11 is 0. The fourth-order valence-corrected chi connectivity index (χ4v) is 1.75. The molecular weight excluding hydrogens is 176 g/mol. The van der Waals surface area contributed by atoms with Crippen LogP contribution in [0.25, 0.3) is 0 Å². The van der Waals surface area contributed by atoms with Crippen LogP contribution in [-0.2, 0) is 9.53 Å². The van der Waals surface area contributed by atoms with E-state index in [1.165, 1.54) is 6.92 Å². The summed E-state index contributed by atoms with van der Waals surface area (Å²) in [6, 6.07) is 0. The molecule has 0 fully saturated rings. The average Bonchev–Trinajstić information content (AvgIpc) is 2.01. The van der Waals surface area contributed by atoms with Crippen LogP contribution in [0.15, 0.2) is 36.5 Å². The fourth-order valence-electron chi connectivity index (χ4n) is 1.75. The molecule has 0 aromatic heterocycles. The number of carbonyl (C=O) groups excluding carboxylic acids is 1. The lowest BCUT2D eigenvalue weighted by Crippen LogP contribution is -2.28. The first-order chi connectivity index (χ1) is 6.52. The van der Waals surface area contributed by atoms with Gasteiger partial charge in [0.25, 0.3) is 0 Å². The summed E-state index contributed by atoms with van der Waals surface area (Å²) in [7, 11) is 0. The van der Waals surface area contributed by atoms with Gasteiger partial charge in [-0.25, -0.2) is 0 Å². The summed E-state index contributed by atoms with van der Waals surface area (Å²) < 4.78 is 5.19. The van der Waals surface area contributed by atoms with Crippen LogP contribution in [0.1, 0.15) is 20.3 Å². The molecule has 0 aromatic rings. The van der Waals surface area contributed by atoms with Crippen molar-refractivity contribution >= 4 is 5.97 Å². The summed E-state index contributed by atoms with van der Waals surface area (Å²) in [6.07, 6.45) is 4.52. The molecule has 0 aliphatic heterocycles. The van der Waals surface area contributed by atoms with Gasteiger partial charge in [0.2, 0.25) is 0 Å². The van der Waals surface area contributed by atoms with Crippen LogP contribution in [0.2, 0.25) is 0 Å². The maximum atomic E-state index is 10.9. The lowest BCUT2D eigenvalue weighted by molar-refractivity contribution is -0.145. The van der Waals surface area contributed by atoms with Crippen LogP contribution in [0, 0.1) is 5.92 Å². The van der Waals surface area contributed by atoms with Gasteiger partial charge in [-0.3, -0.25) is 4.79 Å². The molecular formula is C12H16O2. The van der Waals surface area contributed by atoms with E-state index < -0.39 is 0 Å². The number of carbonyl (C=O) groups is 1. The highest BCUT2D eigenvalue weighted by Gasteiger charge is 2.27. The summed E-state index contributed by atoms with van der Waals surface area (Å²) in [4.78, 5) is 10.9. The Labute approximate surface area is 85.0 Å². The highest BCUT2D eigenvalue weighted by molar-refractivity contribution is 5.66. The van der Waals surface area contributed by atoms with Crippen LogP contribution in [0.3, 0.4) is 0 Å². The maximum absolute atomic E-state index is 10.9. The molecule has 2 nitrogen and oxygen atoms in total. The molecule has 2 unspecified atom stereocenters. The lowest BCUT2D eigenvalue weighted by Gasteiger charge is -2.29. The molecule has 1 aliphatic carbocycles. The Kier molecular flexibility index (Phi) is 3.28. The molecule has 0 heterocycles. The van der Waals surface area contributed by atoms with Gasteiger partial charge in [0.1, 0.15) is 6.10 Å². The second-order valence-corrected chi connectivity index (χ2v) is 3.69. The fraction of sp³-hybridized carbons (Fsp3) is 0.417. The van der Waals surface area contributed by atoms with Gasteiger partial charge < -0.3 is 4.74 Å². The van der Waals surface area contributed by atoms with Crippen molar-refractivity contribution in [1.29, 1.82) is 0 Å². The third-order valence-electron chi connectivity index (χ3n) is 2.31. The van der Waals surface area contributed by atoms with Crippen LogP contribution in [-0.4, -0.2) is 12.1 Å². The van der Waals surface area contributed by atoms with Crippen molar-refractivity contribution < 1.29 is 9.53 Å². The predicted octanol–water partition coefficient (Wildman–Crippen LogP) is 2.63. The van der Waals surface area contributed by atoms with E-state index >= 15 is 0 Å². The Morgan fingerprint density at radius 1 is 1.57 bits per heavy atom. The van der Waals surface area contributed by atoms with E-state index in [0.29, 0.717) is 0 Å². The van der Waals surface area contributed by atoms with Gasteiger partial charge in [0.15, 0.2) is 0 Å². The number of hydrogen-bond acceptors (Lipinski definition) is 2. The van der Waals surface area contributed by atoms with Gasteiger partial charge in [0.05, 0.1) is 0 Å². The highest BCUT2D eigenvalue weighted by atomic mass is 16.5. The van der Waals surface area contributed by atoms with Gasteiger partial charge in [-0.1, -0.05) is 30.4 Å². The second kappa shape index (κ2) is 4.27. The van der Waals surface area contributed by atoms with Crippen molar-refractivity contribution in [1.82, 2.24) is 0 Å². The van der Waals surface area contributed by atoms with Gasteiger partial charge in [-0.2, -0.15) is 0 Å². The molecule has 0 spiro atoms. The zero-order valence-electron chi connectivity index (χ0n) is 8.75. The Bertz CT molecular complexity index is 299. The Balaban J connectivity index is 2.84. The molecule has 0 saturated carbocycles. The second-order valence-electron chi connectivity index (χ2n) is 3.69. The molecule has 1 aliphatic rings. The van der Waals surface area contributed by atoms with Crippen molar-refractivity contribution in [2.24, 2.45) is 5.92 Å². The molecule has 0 saturated heterocycles. The van der Waals surface area contributed by atoms with Gasteiger partial charge in [0, 0.05) is 12.8 Å². The zero-order chi connectivity index (χ0) is 10.7. The Morgan fingerprint density at radius 2 is 2.21 bits per heavy atom. The summed E-state index contributed by atoms with van der Waals surface area (Å²) in [5.74, 6) is -0.190. The molecule has 0 aromatic carbocycles. The van der Waals surface area contributed by atoms with Crippen LogP contribution in [0.4, 0.5) is 0 Å². The van der Waals surface area contributed by atoms with Crippen LogP contribution >= 0.6 is 0 Å². The topological polar surface area (TPSA) is 26.3 Å². The first kappa shape index (κ1) is 10.8. The van der Waals surface area contributed by atoms with E-state index in [0.717, 1.165) is 17.6 Å². The van der Waals surface area contributed by atoms with E-state index in [2.05, 4.69) is 13.2 Å². The molecule has 0 bridgehead atoms. The summed E-state index contributed by atoms with van der Waals surface area (Å²) in [5.41, 5.74) is 2.05. The zero-order valence-corrected chi connectivity index (χ0v) is 8.75.